The molecule has 0 unspecified atom stereocenters. The van der Waals surface area contributed by atoms with Crippen molar-refractivity contribution in [1.82, 2.24) is 19.7 Å². The lowest BCUT2D eigenvalue weighted by molar-refractivity contribution is -0.116. The van der Waals surface area contributed by atoms with Crippen molar-refractivity contribution in [2.75, 3.05) is 18.4 Å². The Morgan fingerprint density at radius 3 is 2.57 bits per heavy atom. The van der Waals surface area contributed by atoms with Gasteiger partial charge < -0.3 is 10.2 Å². The van der Waals surface area contributed by atoms with E-state index in [0.717, 1.165) is 37.1 Å². The smallest absolute Gasteiger partial charge is 0.253 e. The molecule has 0 saturated carbocycles. The van der Waals surface area contributed by atoms with E-state index in [9.17, 15) is 9.59 Å². The van der Waals surface area contributed by atoms with Gasteiger partial charge in [0.25, 0.3) is 5.91 Å². The third kappa shape index (κ3) is 4.33. The zero-order valence-corrected chi connectivity index (χ0v) is 17.5. The van der Waals surface area contributed by atoms with Crippen LogP contribution < -0.4 is 5.32 Å². The highest BCUT2D eigenvalue weighted by atomic mass is 32.1. The first-order valence-electron chi connectivity index (χ1n) is 9.93. The molecule has 2 amide bonds. The monoisotopic (exact) mass is 421 g/mol. The van der Waals surface area contributed by atoms with Gasteiger partial charge in [0.1, 0.15) is 6.54 Å². The summed E-state index contributed by atoms with van der Waals surface area (Å²) < 4.78 is 2.05. The Morgan fingerprint density at radius 1 is 1.13 bits per heavy atom. The molecule has 8 heteroatoms. The van der Waals surface area contributed by atoms with E-state index in [1.54, 1.807) is 28.8 Å². The van der Waals surface area contributed by atoms with Crippen LogP contribution in [0.2, 0.25) is 0 Å². The summed E-state index contributed by atoms with van der Waals surface area (Å²) in [5.74, 6) is 0.434. The number of hydrogen-bond acceptors (Lipinski definition) is 4. The Labute approximate surface area is 179 Å². The standard InChI is InChI=1S/C22H23N5O2S/c1-15-5-4-6-17(13-15)20-24-25-22(30)27(20)14-19(28)23-18-9-7-16(8-10-18)21(29)26-11-2-3-12-26/h4-10,13H,2-3,11-12,14H2,1H3,(H,23,28)(H,25,30). The molecule has 1 aromatic heterocycles. The fourth-order valence-corrected chi connectivity index (χ4v) is 3.81. The van der Waals surface area contributed by atoms with Crippen molar-refractivity contribution in [2.45, 2.75) is 26.3 Å². The second kappa shape index (κ2) is 8.62. The fourth-order valence-electron chi connectivity index (χ4n) is 3.61. The van der Waals surface area contributed by atoms with Crippen LogP contribution in [0, 0.1) is 11.7 Å². The van der Waals surface area contributed by atoms with Gasteiger partial charge in [0.05, 0.1) is 0 Å². The SMILES string of the molecule is Cc1cccc(-c2n[nH]c(=S)n2CC(=O)Nc2ccc(C(=O)N3CCCC3)cc2)c1. The lowest BCUT2D eigenvalue weighted by atomic mass is 10.1. The maximum Gasteiger partial charge on any atom is 0.253 e. The molecular weight excluding hydrogens is 398 g/mol. The first-order chi connectivity index (χ1) is 14.5. The third-order valence-corrected chi connectivity index (χ3v) is 5.46. The van der Waals surface area contributed by atoms with E-state index in [0.29, 0.717) is 21.8 Å². The van der Waals surface area contributed by atoms with Crippen LogP contribution in [-0.4, -0.2) is 44.6 Å². The number of H-pyrrole nitrogens is 1. The largest absolute Gasteiger partial charge is 0.339 e. The lowest BCUT2D eigenvalue weighted by Crippen LogP contribution is -2.27. The number of aryl methyl sites for hydroxylation is 1. The summed E-state index contributed by atoms with van der Waals surface area (Å²) in [5, 5.41) is 9.90. The van der Waals surface area contributed by atoms with E-state index in [2.05, 4.69) is 15.5 Å². The molecule has 1 aliphatic rings. The molecule has 2 heterocycles. The molecule has 1 fully saturated rings. The molecule has 0 radical (unpaired) electrons. The van der Waals surface area contributed by atoms with Crippen molar-refractivity contribution in [3.05, 3.63) is 64.4 Å². The van der Waals surface area contributed by atoms with Gasteiger partial charge >= 0.3 is 0 Å². The fraction of sp³-hybridized carbons (Fsp3) is 0.273. The predicted octanol–water partition coefficient (Wildman–Crippen LogP) is 3.79. The summed E-state index contributed by atoms with van der Waals surface area (Å²) >= 11 is 5.31. The number of rotatable bonds is 5. The minimum atomic E-state index is -0.222. The predicted molar refractivity (Wildman–Crippen MR) is 118 cm³/mol. The first-order valence-corrected chi connectivity index (χ1v) is 10.3. The van der Waals surface area contributed by atoms with E-state index in [4.69, 9.17) is 12.2 Å². The quantitative estimate of drug-likeness (QED) is 0.614. The van der Waals surface area contributed by atoms with Gasteiger partial charge in [0.15, 0.2) is 10.6 Å². The molecule has 2 N–H and O–H groups in total. The van der Waals surface area contributed by atoms with E-state index in [1.807, 2.05) is 36.1 Å². The topological polar surface area (TPSA) is 83.0 Å². The second-order valence-electron chi connectivity index (χ2n) is 7.43. The van der Waals surface area contributed by atoms with E-state index in [-0.39, 0.29) is 18.4 Å². The van der Waals surface area contributed by atoms with Gasteiger partial charge in [-0.25, -0.2) is 0 Å². The summed E-state index contributed by atoms with van der Waals surface area (Å²) in [5.41, 5.74) is 3.25. The normalized spacial score (nSPS) is 13.4. The van der Waals surface area contributed by atoms with Gasteiger partial charge in [-0.15, -0.1) is 0 Å². The highest BCUT2D eigenvalue weighted by Gasteiger charge is 2.19. The Kier molecular flexibility index (Phi) is 5.76. The molecule has 30 heavy (non-hydrogen) atoms. The lowest BCUT2D eigenvalue weighted by Gasteiger charge is -2.15. The number of hydrogen-bond donors (Lipinski definition) is 2. The van der Waals surface area contributed by atoms with Crippen LogP contribution in [0.3, 0.4) is 0 Å². The molecule has 0 atom stereocenters. The minimum absolute atomic E-state index is 0.0348. The maximum atomic E-state index is 12.6. The zero-order valence-electron chi connectivity index (χ0n) is 16.7. The van der Waals surface area contributed by atoms with E-state index >= 15 is 0 Å². The van der Waals surface area contributed by atoms with Crippen molar-refractivity contribution >= 4 is 29.7 Å². The highest BCUT2D eigenvalue weighted by Crippen LogP contribution is 2.19. The van der Waals surface area contributed by atoms with Gasteiger partial charge in [0.2, 0.25) is 5.91 Å². The molecular formula is C22H23N5O2S. The van der Waals surface area contributed by atoms with Crippen molar-refractivity contribution in [3.63, 3.8) is 0 Å². The Bertz CT molecular complexity index is 1130. The summed E-state index contributed by atoms with van der Waals surface area (Å²) in [6.07, 6.45) is 2.11. The number of anilines is 1. The molecule has 1 aliphatic heterocycles. The van der Waals surface area contributed by atoms with Crippen LogP contribution in [0.4, 0.5) is 5.69 Å². The summed E-state index contributed by atoms with van der Waals surface area (Å²) in [4.78, 5) is 26.9. The van der Waals surface area contributed by atoms with Crippen molar-refractivity contribution < 1.29 is 9.59 Å². The number of carbonyl (C=O) groups is 2. The molecule has 0 bridgehead atoms. The molecule has 3 aromatic rings. The highest BCUT2D eigenvalue weighted by molar-refractivity contribution is 7.71. The van der Waals surface area contributed by atoms with Crippen molar-refractivity contribution in [1.29, 1.82) is 0 Å². The molecule has 0 spiro atoms. The Morgan fingerprint density at radius 2 is 1.87 bits per heavy atom. The number of benzene rings is 2. The number of aromatic nitrogens is 3. The molecule has 154 valence electrons. The van der Waals surface area contributed by atoms with Crippen molar-refractivity contribution in [3.8, 4) is 11.4 Å². The van der Waals surface area contributed by atoms with E-state index in [1.165, 1.54) is 0 Å². The average Bonchev–Trinajstić information content (AvgIpc) is 3.39. The van der Waals surface area contributed by atoms with Crippen LogP contribution in [0.25, 0.3) is 11.4 Å². The number of nitrogens with one attached hydrogen (secondary N) is 2. The third-order valence-electron chi connectivity index (χ3n) is 5.15. The van der Waals surface area contributed by atoms with Crippen LogP contribution in [0.15, 0.2) is 48.5 Å². The Balaban J connectivity index is 1.45. The second-order valence-corrected chi connectivity index (χ2v) is 7.82. The van der Waals surface area contributed by atoms with Gasteiger partial charge in [-0.2, -0.15) is 5.10 Å². The van der Waals surface area contributed by atoms with Crippen molar-refractivity contribution in [2.24, 2.45) is 0 Å². The number of amides is 2. The van der Waals surface area contributed by atoms with Crippen LogP contribution in [0.1, 0.15) is 28.8 Å². The van der Waals surface area contributed by atoms with Gasteiger partial charge in [-0.3, -0.25) is 19.3 Å². The first kappa shape index (κ1) is 20.0. The van der Waals surface area contributed by atoms with Gasteiger partial charge in [0, 0.05) is 29.9 Å². The molecule has 4 rings (SSSR count). The number of likely N-dealkylation sites (tertiary alicyclic amines) is 1. The van der Waals surface area contributed by atoms with E-state index < -0.39 is 0 Å². The molecule has 1 saturated heterocycles. The summed E-state index contributed by atoms with van der Waals surface area (Å²) in [7, 11) is 0. The summed E-state index contributed by atoms with van der Waals surface area (Å²) in [6.45, 7) is 3.66. The Hall–Kier alpha value is -3.26. The van der Waals surface area contributed by atoms with Gasteiger partial charge in [-0.1, -0.05) is 23.8 Å². The number of carbonyl (C=O) groups excluding carboxylic acids is 2. The average molecular weight is 422 g/mol. The van der Waals surface area contributed by atoms with Crippen LogP contribution in [-0.2, 0) is 11.3 Å². The maximum absolute atomic E-state index is 12.6. The van der Waals surface area contributed by atoms with Gasteiger partial charge in [-0.05, 0) is 62.3 Å². The molecule has 0 aliphatic carbocycles. The van der Waals surface area contributed by atoms with Crippen LogP contribution >= 0.6 is 12.2 Å². The molecule has 7 nitrogen and oxygen atoms in total. The molecule has 2 aromatic carbocycles. The summed E-state index contributed by atoms with van der Waals surface area (Å²) in [6, 6.07) is 14.9. The number of nitrogens with zero attached hydrogens (tertiary/aromatic N) is 3. The minimum Gasteiger partial charge on any atom is -0.339 e. The van der Waals surface area contributed by atoms with Crippen LogP contribution in [0.5, 0.6) is 0 Å². The number of aromatic amines is 1. The zero-order chi connectivity index (χ0) is 21.1.